The highest BCUT2D eigenvalue weighted by atomic mass is 16.6. The van der Waals surface area contributed by atoms with Crippen LogP contribution in [0.15, 0.2) is 42.5 Å². The van der Waals surface area contributed by atoms with Gasteiger partial charge in [-0.3, -0.25) is 9.78 Å². The highest BCUT2D eigenvalue weighted by Gasteiger charge is 2.29. The summed E-state index contributed by atoms with van der Waals surface area (Å²) < 4.78 is 16.9. The van der Waals surface area contributed by atoms with Gasteiger partial charge in [0.2, 0.25) is 0 Å². The molecule has 0 bridgehead atoms. The summed E-state index contributed by atoms with van der Waals surface area (Å²) >= 11 is 0. The standard InChI is InChI=1S/C26H27N3O5/c1-3-21(25(30)27-16-8-9-22-23(14-16)33-13-12-32-22)34-26(31)24-17-6-4-5-7-19(17)28-20-10-11-29(2)15-18(20)24/h4-9,14,21H,3,10-13,15H2,1-2H3,(H,27,30). The van der Waals surface area contributed by atoms with Crippen LogP contribution < -0.4 is 14.8 Å². The first-order valence-corrected chi connectivity index (χ1v) is 11.5. The minimum absolute atomic E-state index is 0.341. The van der Waals surface area contributed by atoms with Gasteiger partial charge in [0.15, 0.2) is 17.6 Å². The van der Waals surface area contributed by atoms with E-state index in [0.29, 0.717) is 48.9 Å². The van der Waals surface area contributed by atoms with Crippen LogP contribution in [0.3, 0.4) is 0 Å². The number of hydrogen-bond donors (Lipinski definition) is 1. The fraction of sp³-hybridized carbons (Fsp3) is 0.346. The van der Waals surface area contributed by atoms with E-state index in [2.05, 4.69) is 10.2 Å². The van der Waals surface area contributed by atoms with Crippen molar-refractivity contribution in [2.24, 2.45) is 0 Å². The molecule has 0 saturated heterocycles. The van der Waals surface area contributed by atoms with Crippen molar-refractivity contribution in [2.75, 3.05) is 32.1 Å². The Morgan fingerprint density at radius 1 is 1.15 bits per heavy atom. The van der Waals surface area contributed by atoms with Gasteiger partial charge in [0, 0.05) is 47.9 Å². The van der Waals surface area contributed by atoms with Crippen molar-refractivity contribution in [3.05, 3.63) is 59.3 Å². The molecule has 0 fully saturated rings. The Morgan fingerprint density at radius 2 is 1.94 bits per heavy atom. The number of carbonyl (C=O) groups is 2. The van der Waals surface area contributed by atoms with Gasteiger partial charge in [-0.1, -0.05) is 25.1 Å². The van der Waals surface area contributed by atoms with Crippen molar-refractivity contribution >= 4 is 28.5 Å². The van der Waals surface area contributed by atoms with E-state index >= 15 is 0 Å². The molecule has 2 aromatic carbocycles. The molecule has 3 heterocycles. The molecule has 0 spiro atoms. The van der Waals surface area contributed by atoms with Crippen molar-refractivity contribution in [3.8, 4) is 11.5 Å². The Balaban J connectivity index is 1.40. The zero-order valence-corrected chi connectivity index (χ0v) is 19.3. The Morgan fingerprint density at radius 3 is 2.76 bits per heavy atom. The molecule has 5 rings (SSSR count). The molecule has 0 radical (unpaired) electrons. The first-order valence-electron chi connectivity index (χ1n) is 11.5. The maximum absolute atomic E-state index is 13.5. The molecular weight excluding hydrogens is 434 g/mol. The van der Waals surface area contributed by atoms with E-state index in [-0.39, 0.29) is 0 Å². The van der Waals surface area contributed by atoms with E-state index in [9.17, 15) is 9.59 Å². The first-order chi connectivity index (χ1) is 16.5. The predicted octanol–water partition coefficient (Wildman–Crippen LogP) is 3.57. The second kappa shape index (κ2) is 9.30. The molecule has 1 aromatic heterocycles. The zero-order chi connectivity index (χ0) is 23.7. The van der Waals surface area contributed by atoms with Crippen LogP contribution in [0.2, 0.25) is 0 Å². The van der Waals surface area contributed by atoms with Crippen LogP contribution in [0.25, 0.3) is 10.9 Å². The molecule has 2 aliphatic rings. The van der Waals surface area contributed by atoms with E-state index in [1.54, 1.807) is 18.2 Å². The highest BCUT2D eigenvalue weighted by Crippen LogP contribution is 2.33. The lowest BCUT2D eigenvalue weighted by Crippen LogP contribution is -2.34. The molecule has 0 saturated carbocycles. The summed E-state index contributed by atoms with van der Waals surface area (Å²) in [7, 11) is 2.02. The number of ether oxygens (including phenoxy) is 3. The Kier molecular flexibility index (Phi) is 6.06. The van der Waals surface area contributed by atoms with E-state index in [1.165, 1.54) is 0 Å². The molecule has 176 valence electrons. The number of carbonyl (C=O) groups excluding carboxylic acids is 2. The number of benzene rings is 2. The van der Waals surface area contributed by atoms with Gasteiger partial charge in [-0.25, -0.2) is 4.79 Å². The number of nitrogens with one attached hydrogen (secondary N) is 1. The average molecular weight is 462 g/mol. The number of amides is 1. The van der Waals surface area contributed by atoms with Crippen LogP contribution in [0, 0.1) is 0 Å². The predicted molar refractivity (Wildman–Crippen MR) is 127 cm³/mol. The summed E-state index contributed by atoms with van der Waals surface area (Å²) in [5, 5.41) is 3.57. The normalized spacial score (nSPS) is 15.9. The van der Waals surface area contributed by atoms with Crippen LogP contribution in [-0.4, -0.2) is 54.7 Å². The van der Waals surface area contributed by atoms with Gasteiger partial charge in [-0.2, -0.15) is 0 Å². The third-order valence-electron chi connectivity index (χ3n) is 6.16. The maximum Gasteiger partial charge on any atom is 0.340 e. The Hall–Kier alpha value is -3.65. The lowest BCUT2D eigenvalue weighted by atomic mass is 9.96. The molecule has 0 aliphatic carbocycles. The third-order valence-corrected chi connectivity index (χ3v) is 6.16. The molecule has 1 unspecified atom stereocenters. The number of esters is 1. The van der Waals surface area contributed by atoms with Crippen molar-refractivity contribution in [2.45, 2.75) is 32.4 Å². The second-order valence-electron chi connectivity index (χ2n) is 8.57. The number of aromatic nitrogens is 1. The number of para-hydroxylation sites is 1. The minimum Gasteiger partial charge on any atom is -0.486 e. The number of rotatable bonds is 5. The SMILES string of the molecule is CCC(OC(=O)c1c2c(nc3ccccc13)CCN(C)C2)C(=O)Nc1ccc2c(c1)OCCO2. The number of fused-ring (bicyclic) bond motifs is 3. The lowest BCUT2D eigenvalue weighted by molar-refractivity contribution is -0.124. The van der Waals surface area contributed by atoms with Gasteiger partial charge < -0.3 is 24.4 Å². The van der Waals surface area contributed by atoms with E-state index < -0.39 is 18.0 Å². The van der Waals surface area contributed by atoms with Crippen molar-refractivity contribution in [1.29, 1.82) is 0 Å². The fourth-order valence-corrected chi connectivity index (χ4v) is 4.41. The quantitative estimate of drug-likeness (QED) is 0.581. The number of anilines is 1. The van der Waals surface area contributed by atoms with Crippen LogP contribution >= 0.6 is 0 Å². The van der Waals surface area contributed by atoms with Crippen molar-refractivity contribution in [1.82, 2.24) is 9.88 Å². The Labute approximate surface area is 197 Å². The molecule has 2 aliphatic heterocycles. The van der Waals surface area contributed by atoms with Gasteiger partial charge in [0.1, 0.15) is 13.2 Å². The van der Waals surface area contributed by atoms with Gasteiger partial charge in [-0.05, 0) is 31.7 Å². The number of hydrogen-bond acceptors (Lipinski definition) is 7. The first kappa shape index (κ1) is 22.2. The van der Waals surface area contributed by atoms with E-state index in [4.69, 9.17) is 19.2 Å². The van der Waals surface area contributed by atoms with Crippen LogP contribution in [0.1, 0.15) is 35.0 Å². The van der Waals surface area contributed by atoms with E-state index in [0.717, 1.165) is 35.1 Å². The number of nitrogens with zero attached hydrogens (tertiary/aromatic N) is 2. The van der Waals surface area contributed by atoms with E-state index in [1.807, 2.05) is 38.2 Å². The topological polar surface area (TPSA) is 90.0 Å². The molecule has 8 nitrogen and oxygen atoms in total. The smallest absolute Gasteiger partial charge is 0.340 e. The number of pyridine rings is 1. The highest BCUT2D eigenvalue weighted by molar-refractivity contribution is 6.06. The van der Waals surface area contributed by atoms with Crippen molar-refractivity contribution < 1.29 is 23.8 Å². The third kappa shape index (κ3) is 4.28. The van der Waals surface area contributed by atoms with Crippen LogP contribution in [-0.2, 0) is 22.5 Å². The molecule has 34 heavy (non-hydrogen) atoms. The minimum atomic E-state index is -0.940. The average Bonchev–Trinajstić information content (AvgIpc) is 2.85. The Bertz CT molecular complexity index is 1260. The molecule has 8 heteroatoms. The molecule has 1 atom stereocenters. The van der Waals surface area contributed by atoms with Gasteiger partial charge in [0.25, 0.3) is 5.91 Å². The van der Waals surface area contributed by atoms with Gasteiger partial charge >= 0.3 is 5.97 Å². The largest absolute Gasteiger partial charge is 0.486 e. The van der Waals surface area contributed by atoms with Gasteiger partial charge in [-0.15, -0.1) is 0 Å². The summed E-state index contributed by atoms with van der Waals surface area (Å²) in [5.74, 6) is 0.321. The summed E-state index contributed by atoms with van der Waals surface area (Å²) in [6.07, 6.45) is 0.163. The second-order valence-corrected chi connectivity index (χ2v) is 8.57. The van der Waals surface area contributed by atoms with Crippen molar-refractivity contribution in [3.63, 3.8) is 0 Å². The molecule has 1 amide bonds. The maximum atomic E-state index is 13.5. The van der Waals surface area contributed by atoms with Gasteiger partial charge in [0.05, 0.1) is 11.1 Å². The monoisotopic (exact) mass is 461 g/mol. The fourth-order valence-electron chi connectivity index (χ4n) is 4.41. The summed E-state index contributed by atoms with van der Waals surface area (Å²) in [5.41, 5.74) is 3.60. The zero-order valence-electron chi connectivity index (χ0n) is 19.3. The molecule has 3 aromatic rings. The number of likely N-dealkylation sites (N-methyl/N-ethyl adjacent to an activating group) is 1. The molecular formula is C26H27N3O5. The lowest BCUT2D eigenvalue weighted by Gasteiger charge is -2.27. The summed E-state index contributed by atoms with van der Waals surface area (Å²) in [6.45, 7) is 4.25. The van der Waals surface area contributed by atoms with Crippen LogP contribution in [0.5, 0.6) is 11.5 Å². The summed E-state index contributed by atoms with van der Waals surface area (Å²) in [6, 6.07) is 12.8. The summed E-state index contributed by atoms with van der Waals surface area (Å²) in [4.78, 5) is 33.4. The van der Waals surface area contributed by atoms with Crippen LogP contribution in [0.4, 0.5) is 5.69 Å². The molecule has 1 N–H and O–H groups in total.